The summed E-state index contributed by atoms with van der Waals surface area (Å²) < 4.78 is 17.4. The first-order valence-electron chi connectivity index (χ1n) is 9.13. The summed E-state index contributed by atoms with van der Waals surface area (Å²) in [5.41, 5.74) is 0. The van der Waals surface area contributed by atoms with Gasteiger partial charge in [0.05, 0.1) is 31.6 Å². The van der Waals surface area contributed by atoms with E-state index in [1.165, 1.54) is 25.9 Å². The lowest BCUT2D eigenvalue weighted by atomic mass is 10.1. The van der Waals surface area contributed by atoms with Crippen molar-refractivity contribution >= 4 is 5.91 Å². The average Bonchev–Trinajstić information content (AvgIpc) is 3.36. The number of amides is 1. The second kappa shape index (κ2) is 7.25. The van der Waals surface area contributed by atoms with E-state index in [-0.39, 0.29) is 24.2 Å². The Bertz CT molecular complexity index is 541. The van der Waals surface area contributed by atoms with Crippen LogP contribution in [-0.2, 0) is 9.47 Å². The molecule has 6 nitrogen and oxygen atoms in total. The zero-order chi connectivity index (χ0) is 16.4. The van der Waals surface area contributed by atoms with Gasteiger partial charge in [-0.15, -0.1) is 0 Å². The molecule has 4 rings (SSSR count). The molecule has 0 unspecified atom stereocenters. The lowest BCUT2D eigenvalue weighted by molar-refractivity contribution is -0.106. The first-order valence-corrected chi connectivity index (χ1v) is 9.13. The predicted molar refractivity (Wildman–Crippen MR) is 87.9 cm³/mol. The molecule has 2 aliphatic heterocycles. The van der Waals surface area contributed by atoms with Crippen LogP contribution in [0, 0.1) is 0 Å². The molecule has 3 heterocycles. The summed E-state index contributed by atoms with van der Waals surface area (Å²) in [5.74, 6) is 0.380. The lowest BCUT2D eigenvalue weighted by Gasteiger charge is -2.38. The molecular weight excluding hydrogens is 308 g/mol. The van der Waals surface area contributed by atoms with E-state index < -0.39 is 0 Å². The molecule has 0 radical (unpaired) electrons. The Morgan fingerprint density at radius 2 is 2.12 bits per heavy atom. The number of rotatable bonds is 5. The molecule has 3 aliphatic rings. The van der Waals surface area contributed by atoms with Gasteiger partial charge in [0.2, 0.25) is 0 Å². The van der Waals surface area contributed by atoms with Gasteiger partial charge in [0, 0.05) is 13.1 Å². The van der Waals surface area contributed by atoms with Crippen molar-refractivity contribution in [3.63, 3.8) is 0 Å². The fourth-order valence-corrected chi connectivity index (χ4v) is 4.23. The molecule has 1 aliphatic carbocycles. The second-order valence-electron chi connectivity index (χ2n) is 6.91. The summed E-state index contributed by atoms with van der Waals surface area (Å²) in [7, 11) is 0. The van der Waals surface area contributed by atoms with Crippen LogP contribution in [0.4, 0.5) is 0 Å². The van der Waals surface area contributed by atoms with Gasteiger partial charge in [0.15, 0.2) is 5.76 Å². The molecular formula is C18H26N2O4. The molecule has 0 aromatic carbocycles. The minimum atomic E-state index is -0.0315. The maximum atomic E-state index is 12.6. The number of nitrogens with zero attached hydrogens (tertiary/aromatic N) is 2. The first kappa shape index (κ1) is 16.1. The molecule has 1 saturated carbocycles. The molecule has 0 bridgehead atoms. The third-order valence-electron chi connectivity index (χ3n) is 5.47. The summed E-state index contributed by atoms with van der Waals surface area (Å²) in [6.45, 7) is 5.34. The SMILES string of the molecule is O=C(c1ccco1)N1CCO[C@@H]2[C@@H](OCCN3CCCC3)CC[C@H]21. The number of morpholine rings is 1. The number of likely N-dealkylation sites (tertiary alicyclic amines) is 1. The quantitative estimate of drug-likeness (QED) is 0.821. The Labute approximate surface area is 142 Å². The van der Waals surface area contributed by atoms with E-state index in [2.05, 4.69) is 4.90 Å². The topological polar surface area (TPSA) is 55.2 Å². The average molecular weight is 334 g/mol. The normalized spacial score (nSPS) is 30.7. The van der Waals surface area contributed by atoms with Crippen LogP contribution in [0.5, 0.6) is 0 Å². The largest absolute Gasteiger partial charge is 0.459 e. The van der Waals surface area contributed by atoms with Gasteiger partial charge in [-0.3, -0.25) is 4.79 Å². The molecule has 3 fully saturated rings. The highest BCUT2D eigenvalue weighted by atomic mass is 16.5. The van der Waals surface area contributed by atoms with E-state index in [0.29, 0.717) is 18.9 Å². The zero-order valence-electron chi connectivity index (χ0n) is 14.1. The van der Waals surface area contributed by atoms with Crippen molar-refractivity contribution in [3.05, 3.63) is 24.2 Å². The Morgan fingerprint density at radius 1 is 1.25 bits per heavy atom. The van der Waals surface area contributed by atoms with E-state index in [1.54, 1.807) is 18.4 Å². The third kappa shape index (κ3) is 3.23. The van der Waals surface area contributed by atoms with Crippen LogP contribution in [0.15, 0.2) is 22.8 Å². The van der Waals surface area contributed by atoms with Crippen LogP contribution >= 0.6 is 0 Å². The number of fused-ring (bicyclic) bond motifs is 1. The maximum absolute atomic E-state index is 12.6. The van der Waals surface area contributed by atoms with Crippen molar-refractivity contribution in [2.75, 3.05) is 39.4 Å². The van der Waals surface area contributed by atoms with Gasteiger partial charge in [-0.1, -0.05) is 0 Å². The highest BCUT2D eigenvalue weighted by Gasteiger charge is 2.45. The Balaban J connectivity index is 1.33. The first-order chi connectivity index (χ1) is 11.8. The number of hydrogen-bond acceptors (Lipinski definition) is 5. The van der Waals surface area contributed by atoms with Crippen LogP contribution in [-0.4, -0.2) is 73.3 Å². The standard InChI is InChI=1S/C18H26N2O4/c21-18(16-4-3-11-22-16)20-10-13-24-17-14(20)5-6-15(17)23-12-9-19-7-1-2-8-19/h3-4,11,14-15,17H,1-2,5-10,12-13H2/t14-,15+,17+/m1/s1. The van der Waals surface area contributed by atoms with Crippen LogP contribution in [0.25, 0.3) is 0 Å². The minimum absolute atomic E-state index is 0.00348. The van der Waals surface area contributed by atoms with E-state index in [0.717, 1.165) is 26.0 Å². The smallest absolute Gasteiger partial charge is 0.289 e. The highest BCUT2D eigenvalue weighted by molar-refractivity contribution is 5.91. The zero-order valence-corrected chi connectivity index (χ0v) is 14.1. The Hall–Kier alpha value is -1.37. The van der Waals surface area contributed by atoms with Crippen LogP contribution < -0.4 is 0 Å². The molecule has 3 atom stereocenters. The molecule has 0 N–H and O–H groups in total. The van der Waals surface area contributed by atoms with Crippen molar-refractivity contribution in [2.45, 2.75) is 43.9 Å². The predicted octanol–water partition coefficient (Wildman–Crippen LogP) is 1.76. The van der Waals surface area contributed by atoms with Gasteiger partial charge >= 0.3 is 0 Å². The van der Waals surface area contributed by atoms with Crippen LogP contribution in [0.1, 0.15) is 36.2 Å². The van der Waals surface area contributed by atoms with E-state index in [1.807, 2.05) is 4.90 Å². The molecule has 1 aromatic rings. The molecule has 24 heavy (non-hydrogen) atoms. The monoisotopic (exact) mass is 334 g/mol. The summed E-state index contributed by atoms with van der Waals surface area (Å²) in [6.07, 6.45) is 6.15. The van der Waals surface area contributed by atoms with Crippen molar-refractivity contribution < 1.29 is 18.7 Å². The van der Waals surface area contributed by atoms with E-state index in [4.69, 9.17) is 13.9 Å². The molecule has 6 heteroatoms. The number of furan rings is 1. The summed E-state index contributed by atoms with van der Waals surface area (Å²) in [5, 5.41) is 0. The molecule has 2 saturated heterocycles. The van der Waals surface area contributed by atoms with Gasteiger partial charge in [0.25, 0.3) is 5.91 Å². The van der Waals surface area contributed by atoms with Crippen LogP contribution in [0.2, 0.25) is 0 Å². The fourth-order valence-electron chi connectivity index (χ4n) is 4.23. The van der Waals surface area contributed by atoms with E-state index >= 15 is 0 Å². The number of carbonyl (C=O) groups excluding carboxylic acids is 1. The highest BCUT2D eigenvalue weighted by Crippen LogP contribution is 2.33. The lowest BCUT2D eigenvalue weighted by Crippen LogP contribution is -2.54. The summed E-state index contributed by atoms with van der Waals surface area (Å²) >= 11 is 0. The van der Waals surface area contributed by atoms with Crippen molar-refractivity contribution in [2.24, 2.45) is 0 Å². The van der Waals surface area contributed by atoms with Gasteiger partial charge < -0.3 is 23.7 Å². The number of hydrogen-bond donors (Lipinski definition) is 0. The van der Waals surface area contributed by atoms with Crippen molar-refractivity contribution in [1.82, 2.24) is 9.80 Å². The summed E-state index contributed by atoms with van der Waals surface area (Å²) in [6, 6.07) is 3.59. The van der Waals surface area contributed by atoms with Crippen molar-refractivity contribution in [1.29, 1.82) is 0 Å². The fraction of sp³-hybridized carbons (Fsp3) is 0.722. The molecule has 1 amide bonds. The molecule has 1 aromatic heterocycles. The van der Waals surface area contributed by atoms with Gasteiger partial charge in [0.1, 0.15) is 6.10 Å². The van der Waals surface area contributed by atoms with Crippen molar-refractivity contribution in [3.8, 4) is 0 Å². The third-order valence-corrected chi connectivity index (χ3v) is 5.47. The number of carbonyl (C=O) groups is 1. The molecule has 0 spiro atoms. The Morgan fingerprint density at radius 3 is 2.92 bits per heavy atom. The van der Waals surface area contributed by atoms with Gasteiger partial charge in [-0.25, -0.2) is 0 Å². The number of ether oxygens (including phenoxy) is 2. The maximum Gasteiger partial charge on any atom is 0.289 e. The van der Waals surface area contributed by atoms with E-state index in [9.17, 15) is 4.79 Å². The minimum Gasteiger partial charge on any atom is -0.459 e. The van der Waals surface area contributed by atoms with Gasteiger partial charge in [-0.2, -0.15) is 0 Å². The Kier molecular flexibility index (Phi) is 4.87. The summed E-state index contributed by atoms with van der Waals surface area (Å²) in [4.78, 5) is 17.0. The second-order valence-corrected chi connectivity index (χ2v) is 6.91. The molecule has 132 valence electrons. The van der Waals surface area contributed by atoms with Gasteiger partial charge in [-0.05, 0) is 50.9 Å². The van der Waals surface area contributed by atoms with Crippen LogP contribution in [0.3, 0.4) is 0 Å².